The van der Waals surface area contributed by atoms with E-state index in [4.69, 9.17) is 8.92 Å². The molecule has 1 aromatic rings. The first-order valence-corrected chi connectivity index (χ1v) is 7.80. The van der Waals surface area contributed by atoms with E-state index in [0.717, 1.165) is 38.0 Å². The summed E-state index contributed by atoms with van der Waals surface area (Å²) in [7, 11) is -3.36. The summed E-state index contributed by atoms with van der Waals surface area (Å²) in [6.45, 7) is 2.20. The van der Waals surface area contributed by atoms with Crippen LogP contribution in [0.3, 0.4) is 0 Å². The molecule has 0 bridgehead atoms. The number of nitrogens with zero attached hydrogens (tertiary/aromatic N) is 2. The third-order valence-corrected chi connectivity index (χ3v) is 3.53. The van der Waals surface area contributed by atoms with Crippen molar-refractivity contribution < 1.29 is 17.3 Å². The van der Waals surface area contributed by atoms with Gasteiger partial charge in [-0.05, 0) is 12.8 Å². The molecule has 18 heavy (non-hydrogen) atoms. The number of ether oxygens (including phenoxy) is 1. The molecular formula is C11H18N2O4S. The van der Waals surface area contributed by atoms with Gasteiger partial charge in [0.05, 0.1) is 24.9 Å². The van der Waals surface area contributed by atoms with Gasteiger partial charge in [-0.2, -0.15) is 8.42 Å². The fourth-order valence-electron chi connectivity index (χ4n) is 2.00. The van der Waals surface area contributed by atoms with Crippen molar-refractivity contribution in [1.82, 2.24) is 9.55 Å². The Morgan fingerprint density at radius 3 is 2.89 bits per heavy atom. The Morgan fingerprint density at radius 2 is 2.22 bits per heavy atom. The SMILES string of the molecule is CS(=O)(=O)OCCn1cnc(C2CCOCC2)c1. The van der Waals surface area contributed by atoms with E-state index < -0.39 is 10.1 Å². The van der Waals surface area contributed by atoms with Crippen LogP contribution in [0.5, 0.6) is 0 Å². The smallest absolute Gasteiger partial charge is 0.264 e. The summed E-state index contributed by atoms with van der Waals surface area (Å²) in [5.41, 5.74) is 1.05. The average Bonchev–Trinajstić information content (AvgIpc) is 2.77. The van der Waals surface area contributed by atoms with Gasteiger partial charge in [0.25, 0.3) is 10.1 Å². The van der Waals surface area contributed by atoms with Gasteiger partial charge in [-0.15, -0.1) is 0 Å². The first kappa shape index (κ1) is 13.5. The summed E-state index contributed by atoms with van der Waals surface area (Å²) >= 11 is 0. The highest BCUT2D eigenvalue weighted by Crippen LogP contribution is 2.25. The van der Waals surface area contributed by atoms with Crippen molar-refractivity contribution in [1.29, 1.82) is 0 Å². The Bertz CT molecular complexity index is 477. The van der Waals surface area contributed by atoms with Crippen molar-refractivity contribution in [2.24, 2.45) is 0 Å². The molecule has 0 aromatic carbocycles. The van der Waals surface area contributed by atoms with E-state index in [0.29, 0.717) is 12.5 Å². The largest absolute Gasteiger partial charge is 0.381 e. The normalized spacial score (nSPS) is 18.1. The fraction of sp³-hybridized carbons (Fsp3) is 0.727. The molecule has 0 spiro atoms. The maximum atomic E-state index is 10.8. The first-order valence-electron chi connectivity index (χ1n) is 5.98. The lowest BCUT2D eigenvalue weighted by Gasteiger charge is -2.19. The molecule has 0 aliphatic carbocycles. The zero-order valence-electron chi connectivity index (χ0n) is 10.4. The fourth-order valence-corrected chi connectivity index (χ4v) is 2.38. The zero-order chi connectivity index (χ0) is 13.0. The van der Waals surface area contributed by atoms with Gasteiger partial charge in [-0.1, -0.05) is 0 Å². The molecule has 2 rings (SSSR count). The van der Waals surface area contributed by atoms with Gasteiger partial charge in [0.15, 0.2) is 0 Å². The van der Waals surface area contributed by atoms with Gasteiger partial charge < -0.3 is 9.30 Å². The molecule has 1 aromatic heterocycles. The van der Waals surface area contributed by atoms with Crippen molar-refractivity contribution >= 4 is 10.1 Å². The molecule has 7 heteroatoms. The number of hydrogen-bond donors (Lipinski definition) is 0. The molecule has 0 N–H and O–H groups in total. The topological polar surface area (TPSA) is 70.4 Å². The van der Waals surface area contributed by atoms with Crippen molar-refractivity contribution in [2.75, 3.05) is 26.1 Å². The minimum absolute atomic E-state index is 0.141. The van der Waals surface area contributed by atoms with Crippen LogP contribution >= 0.6 is 0 Å². The summed E-state index contributed by atoms with van der Waals surface area (Å²) in [6.07, 6.45) is 6.72. The van der Waals surface area contributed by atoms with E-state index in [1.807, 2.05) is 10.8 Å². The summed E-state index contributed by atoms with van der Waals surface area (Å²) < 4.78 is 33.5. The van der Waals surface area contributed by atoms with Gasteiger partial charge in [0.2, 0.25) is 0 Å². The monoisotopic (exact) mass is 274 g/mol. The third-order valence-electron chi connectivity index (χ3n) is 2.94. The van der Waals surface area contributed by atoms with Crippen molar-refractivity contribution in [3.63, 3.8) is 0 Å². The Kier molecular flexibility index (Phi) is 4.36. The molecule has 1 aliphatic heterocycles. The van der Waals surface area contributed by atoms with Gasteiger partial charge in [-0.25, -0.2) is 4.98 Å². The van der Waals surface area contributed by atoms with E-state index in [1.165, 1.54) is 0 Å². The summed E-state index contributed by atoms with van der Waals surface area (Å²) in [5, 5.41) is 0. The highest BCUT2D eigenvalue weighted by Gasteiger charge is 2.18. The van der Waals surface area contributed by atoms with E-state index in [9.17, 15) is 8.42 Å². The molecule has 1 fully saturated rings. The van der Waals surface area contributed by atoms with Crippen LogP contribution in [0.15, 0.2) is 12.5 Å². The van der Waals surface area contributed by atoms with Crippen LogP contribution in [-0.2, 0) is 25.6 Å². The van der Waals surface area contributed by atoms with E-state index in [1.54, 1.807) is 6.33 Å². The second-order valence-corrected chi connectivity index (χ2v) is 6.09. The number of imidazole rings is 1. The van der Waals surface area contributed by atoms with E-state index in [2.05, 4.69) is 4.98 Å². The lowest BCUT2D eigenvalue weighted by molar-refractivity contribution is 0.0845. The van der Waals surface area contributed by atoms with E-state index in [-0.39, 0.29) is 6.61 Å². The molecule has 1 aliphatic rings. The summed E-state index contributed by atoms with van der Waals surface area (Å²) in [5.74, 6) is 0.454. The minimum Gasteiger partial charge on any atom is -0.381 e. The van der Waals surface area contributed by atoms with Gasteiger partial charge >= 0.3 is 0 Å². The predicted molar refractivity (Wildman–Crippen MR) is 65.8 cm³/mol. The van der Waals surface area contributed by atoms with Crippen LogP contribution in [0.25, 0.3) is 0 Å². The second-order valence-electron chi connectivity index (χ2n) is 4.45. The minimum atomic E-state index is -3.36. The average molecular weight is 274 g/mol. The molecule has 0 amide bonds. The van der Waals surface area contributed by atoms with Crippen LogP contribution in [0, 0.1) is 0 Å². The molecule has 102 valence electrons. The molecule has 1 saturated heterocycles. The zero-order valence-corrected chi connectivity index (χ0v) is 11.2. The van der Waals surface area contributed by atoms with Crippen LogP contribution in [0.2, 0.25) is 0 Å². The highest BCUT2D eigenvalue weighted by molar-refractivity contribution is 7.85. The van der Waals surface area contributed by atoms with Crippen molar-refractivity contribution in [3.8, 4) is 0 Å². The lowest BCUT2D eigenvalue weighted by Crippen LogP contribution is -2.14. The van der Waals surface area contributed by atoms with Crippen LogP contribution in [-0.4, -0.2) is 44.0 Å². The Hall–Kier alpha value is -0.920. The first-order chi connectivity index (χ1) is 8.54. The molecule has 0 saturated carbocycles. The third kappa shape index (κ3) is 4.08. The Morgan fingerprint density at radius 1 is 1.50 bits per heavy atom. The molecule has 0 unspecified atom stereocenters. The molecule has 2 heterocycles. The molecule has 0 atom stereocenters. The van der Waals surface area contributed by atoms with Crippen LogP contribution < -0.4 is 0 Å². The van der Waals surface area contributed by atoms with Gasteiger partial charge in [0, 0.05) is 31.9 Å². The van der Waals surface area contributed by atoms with Gasteiger partial charge in [-0.3, -0.25) is 4.18 Å². The molecule has 0 radical (unpaired) electrons. The van der Waals surface area contributed by atoms with Crippen molar-refractivity contribution in [2.45, 2.75) is 25.3 Å². The quantitative estimate of drug-likeness (QED) is 0.741. The standard InChI is InChI=1S/C11H18N2O4S/c1-18(14,15)17-7-4-13-8-11(12-9-13)10-2-5-16-6-3-10/h8-10H,2-7H2,1H3. The summed E-state index contributed by atoms with van der Waals surface area (Å²) in [6, 6.07) is 0. The number of rotatable bonds is 5. The molecular weight excluding hydrogens is 256 g/mol. The number of hydrogen-bond acceptors (Lipinski definition) is 5. The maximum absolute atomic E-state index is 10.8. The highest BCUT2D eigenvalue weighted by atomic mass is 32.2. The van der Waals surface area contributed by atoms with Crippen molar-refractivity contribution in [3.05, 3.63) is 18.2 Å². The van der Waals surface area contributed by atoms with Crippen LogP contribution in [0.4, 0.5) is 0 Å². The molecule has 6 nitrogen and oxygen atoms in total. The Balaban J connectivity index is 1.85. The second kappa shape index (κ2) is 5.81. The lowest BCUT2D eigenvalue weighted by atomic mass is 9.97. The predicted octanol–water partition coefficient (Wildman–Crippen LogP) is 0.753. The Labute approximate surface area is 107 Å². The number of aromatic nitrogens is 2. The van der Waals surface area contributed by atoms with E-state index >= 15 is 0 Å². The summed E-state index contributed by atoms with van der Waals surface area (Å²) in [4.78, 5) is 4.36. The maximum Gasteiger partial charge on any atom is 0.264 e. The van der Waals surface area contributed by atoms with Crippen LogP contribution in [0.1, 0.15) is 24.5 Å². The van der Waals surface area contributed by atoms with Gasteiger partial charge in [0.1, 0.15) is 0 Å².